The first kappa shape index (κ1) is 36.8. The number of carboxylic acid groups (broad SMARTS) is 1. The van der Waals surface area contributed by atoms with Crippen LogP contribution in [0, 0.1) is 11.7 Å². The monoisotopic (exact) mass is 805 g/mol. The van der Waals surface area contributed by atoms with Gasteiger partial charge in [0, 0.05) is 60.5 Å². The Balaban J connectivity index is 1.01. The fourth-order valence-electron chi connectivity index (χ4n) is 8.56. The minimum absolute atomic E-state index is 0.0214. The first-order valence-corrected chi connectivity index (χ1v) is 19.8. The van der Waals surface area contributed by atoms with Gasteiger partial charge in [0.2, 0.25) is 5.43 Å². The van der Waals surface area contributed by atoms with Gasteiger partial charge in [-0.2, -0.15) is 4.98 Å². The van der Waals surface area contributed by atoms with Gasteiger partial charge in [0.25, 0.3) is 5.91 Å². The summed E-state index contributed by atoms with van der Waals surface area (Å²) in [6.45, 7) is 1.66. The molecule has 56 heavy (non-hydrogen) atoms. The van der Waals surface area contributed by atoms with Gasteiger partial charge >= 0.3 is 11.7 Å². The van der Waals surface area contributed by atoms with Crippen LogP contribution in [0.15, 0.2) is 57.3 Å². The van der Waals surface area contributed by atoms with Crippen molar-refractivity contribution in [2.24, 2.45) is 10.9 Å². The van der Waals surface area contributed by atoms with Crippen LogP contribution in [-0.4, -0.2) is 104 Å². The summed E-state index contributed by atoms with van der Waals surface area (Å²) < 4.78 is 30.9. The minimum atomic E-state index is -1.37. The topological polar surface area (TPSA) is 172 Å². The van der Waals surface area contributed by atoms with E-state index in [1.807, 2.05) is 4.90 Å². The molecule has 2 N–H and O–H groups in total. The Bertz CT molecular complexity index is 2460. The van der Waals surface area contributed by atoms with Crippen molar-refractivity contribution in [1.29, 1.82) is 0 Å². The van der Waals surface area contributed by atoms with E-state index in [9.17, 15) is 29.4 Å². The van der Waals surface area contributed by atoms with Gasteiger partial charge in [0.05, 0.1) is 37.0 Å². The number of rotatable bonds is 9. The maximum absolute atomic E-state index is 16.3. The molecule has 18 heteroatoms. The number of aliphatic imine (C=N–C) groups is 1. The highest BCUT2D eigenvalue weighted by Crippen LogP contribution is 2.46. The summed E-state index contributed by atoms with van der Waals surface area (Å²) in [6, 6.07) is 7.72. The minimum Gasteiger partial charge on any atom is -0.492 e. The zero-order valence-electron chi connectivity index (χ0n) is 30.1. The maximum Gasteiger partial charge on any atom is 0.351 e. The predicted octanol–water partition coefficient (Wildman–Crippen LogP) is 4.00. The zero-order valence-corrected chi connectivity index (χ0v) is 31.7. The molecular formula is C38H37ClFN7O8S. The number of pyridine rings is 1. The van der Waals surface area contributed by atoms with Crippen molar-refractivity contribution in [3.63, 3.8) is 0 Å². The number of nitrogens with zero attached hydrogens (tertiary/aromatic N) is 7. The van der Waals surface area contributed by atoms with Gasteiger partial charge in [-0.1, -0.05) is 11.6 Å². The Hall–Kier alpha value is -4.81. The van der Waals surface area contributed by atoms with E-state index >= 15 is 4.39 Å². The standard InChI is InChI=1S/C38H37ClFN7O8S/c1-54-35-32-23(34(49)24(37(51)52)14-46(32)21-5-6-21)12-25(40)33(35)44-13-19-3-2-9-43(27(19)15-44)18-47-26-7-4-20(39)11-22(26)31(36(47)50)41-28-8-10-45(38(53)42-28)29-17-56-30(16-48)55-29/h4,7-8,10-12,14,19,21,27,29-30,48H,2-3,5-6,9,13,15-18H2,1H3,(H,51,52)/b41-31-/t19-,27+,29-,30+/m0/s1. The molecule has 1 saturated carbocycles. The molecule has 0 spiro atoms. The molecule has 292 valence electrons. The highest BCUT2D eigenvalue weighted by atomic mass is 35.5. The molecule has 1 amide bonds. The number of anilines is 2. The number of carbonyl (C=O) groups excluding carboxylic acids is 1. The number of carbonyl (C=O) groups is 2. The number of hydrogen-bond acceptors (Lipinski definition) is 12. The normalized spacial score (nSPS) is 24.4. The summed E-state index contributed by atoms with van der Waals surface area (Å²) in [7, 11) is 1.43. The molecule has 0 radical (unpaired) electrons. The van der Waals surface area contributed by atoms with E-state index in [1.165, 1.54) is 41.9 Å². The lowest BCUT2D eigenvalue weighted by molar-refractivity contribution is -0.112. The number of halogens is 2. The molecule has 6 heterocycles. The Labute approximate surface area is 327 Å². The van der Waals surface area contributed by atoms with Crippen molar-refractivity contribution in [3.05, 3.63) is 85.4 Å². The second-order valence-electron chi connectivity index (χ2n) is 14.6. The van der Waals surface area contributed by atoms with Gasteiger partial charge in [-0.15, -0.1) is 11.8 Å². The van der Waals surface area contributed by atoms with Gasteiger partial charge in [-0.05, 0) is 61.9 Å². The van der Waals surface area contributed by atoms with Gasteiger partial charge in [0.15, 0.2) is 17.4 Å². The third kappa shape index (κ3) is 6.25. The van der Waals surface area contributed by atoms with Crippen LogP contribution in [0.3, 0.4) is 0 Å². The van der Waals surface area contributed by atoms with Crippen LogP contribution in [0.25, 0.3) is 10.9 Å². The number of likely N-dealkylation sites (tertiary alicyclic amines) is 1. The number of ether oxygens (including phenoxy) is 2. The highest BCUT2D eigenvalue weighted by Gasteiger charge is 2.44. The van der Waals surface area contributed by atoms with Crippen molar-refractivity contribution < 1.29 is 33.7 Å². The van der Waals surface area contributed by atoms with E-state index in [0.717, 1.165) is 31.7 Å². The molecule has 9 rings (SSSR count). The van der Waals surface area contributed by atoms with Gasteiger partial charge in [-0.3, -0.25) is 24.0 Å². The van der Waals surface area contributed by atoms with E-state index in [4.69, 9.17) is 21.1 Å². The van der Waals surface area contributed by atoms with Gasteiger partial charge in [0.1, 0.15) is 28.6 Å². The first-order valence-electron chi connectivity index (χ1n) is 18.4. The van der Waals surface area contributed by atoms with E-state index in [2.05, 4.69) is 14.9 Å². The molecular weight excluding hydrogens is 769 g/mol. The second kappa shape index (κ2) is 14.3. The summed E-state index contributed by atoms with van der Waals surface area (Å²) in [4.78, 5) is 66.9. The zero-order chi connectivity index (χ0) is 39.0. The van der Waals surface area contributed by atoms with Crippen LogP contribution in [-0.2, 0) is 9.53 Å². The molecule has 2 aromatic carbocycles. The number of methoxy groups -OCH3 is 1. The van der Waals surface area contributed by atoms with E-state index in [-0.39, 0.29) is 65.5 Å². The quantitative estimate of drug-likeness (QED) is 0.250. The van der Waals surface area contributed by atoms with Crippen molar-refractivity contribution in [2.75, 3.05) is 55.6 Å². The SMILES string of the molecule is COc1c(N2C[C@@H]3CCCN(CN4C(=O)/C(=N\c5ccn([C@@H]6CS[C@H](CO)O6)c(=O)n5)c5cc(Cl)ccc54)[C@@H]3C2)c(F)cc2c(=O)c(C(=O)O)cn(C3CC3)c12. The molecule has 0 unspecified atom stereocenters. The van der Waals surface area contributed by atoms with Crippen molar-refractivity contribution in [3.8, 4) is 5.75 Å². The number of piperidine rings is 1. The number of aromatic carboxylic acids is 1. The van der Waals surface area contributed by atoms with Crippen LogP contribution in [0.5, 0.6) is 5.75 Å². The lowest BCUT2D eigenvalue weighted by Gasteiger charge is -2.39. The number of hydrogen-bond donors (Lipinski definition) is 2. The first-order chi connectivity index (χ1) is 27.0. The van der Waals surface area contributed by atoms with E-state index < -0.39 is 40.1 Å². The molecule has 1 aliphatic carbocycles. The summed E-state index contributed by atoms with van der Waals surface area (Å²) >= 11 is 7.81. The summed E-state index contributed by atoms with van der Waals surface area (Å²) in [5, 5.41) is 19.5. The highest BCUT2D eigenvalue weighted by molar-refractivity contribution is 8.00. The third-order valence-corrected chi connectivity index (χ3v) is 12.6. The molecule has 4 aliphatic heterocycles. The Morgan fingerprint density at radius 3 is 2.68 bits per heavy atom. The van der Waals surface area contributed by atoms with E-state index in [0.29, 0.717) is 47.2 Å². The molecule has 4 atom stereocenters. The number of fused-ring (bicyclic) bond motifs is 3. The predicted molar refractivity (Wildman–Crippen MR) is 207 cm³/mol. The van der Waals surface area contributed by atoms with Gasteiger partial charge in [-0.25, -0.2) is 19.0 Å². The maximum atomic E-state index is 16.3. The lowest BCUT2D eigenvalue weighted by atomic mass is 9.92. The number of amides is 1. The number of aliphatic hydroxyl groups is 1. The Morgan fingerprint density at radius 2 is 1.96 bits per heavy atom. The summed E-state index contributed by atoms with van der Waals surface area (Å²) in [5.74, 6) is -1.58. The second-order valence-corrected chi connectivity index (χ2v) is 16.3. The smallest absolute Gasteiger partial charge is 0.351 e. The molecule has 3 saturated heterocycles. The molecule has 15 nitrogen and oxygen atoms in total. The largest absolute Gasteiger partial charge is 0.492 e. The number of aliphatic hydroxyl groups excluding tert-OH is 1. The molecule has 5 aliphatic rings. The van der Waals surface area contributed by atoms with Crippen LogP contribution in [0.1, 0.15) is 53.9 Å². The number of aromatic nitrogens is 3. The van der Waals surface area contributed by atoms with Gasteiger partial charge < -0.3 is 29.2 Å². The molecule has 0 bridgehead atoms. The van der Waals surface area contributed by atoms with Crippen LogP contribution in [0.4, 0.5) is 21.6 Å². The fraction of sp³-hybridized carbons (Fsp3) is 0.421. The summed E-state index contributed by atoms with van der Waals surface area (Å²) in [6.07, 6.45) is 5.62. The van der Waals surface area contributed by atoms with Crippen LogP contribution < -0.4 is 25.7 Å². The van der Waals surface area contributed by atoms with Crippen LogP contribution >= 0.6 is 23.4 Å². The molecule has 2 aromatic heterocycles. The average Bonchev–Trinajstić information content (AvgIpc) is 3.65. The molecule has 4 fully saturated rings. The third-order valence-electron chi connectivity index (χ3n) is 11.3. The fourth-order valence-corrected chi connectivity index (χ4v) is 9.66. The van der Waals surface area contributed by atoms with Crippen LogP contribution in [0.2, 0.25) is 5.02 Å². The number of benzene rings is 2. The summed E-state index contributed by atoms with van der Waals surface area (Å²) in [5.41, 5.74) is -0.391. The average molecular weight is 806 g/mol. The van der Waals surface area contributed by atoms with Crippen molar-refractivity contribution >= 4 is 69.0 Å². The molecule has 4 aromatic rings. The Kier molecular flexibility index (Phi) is 9.39. The number of carboxylic acids is 1. The lowest BCUT2D eigenvalue weighted by Crippen LogP contribution is -2.51. The number of thioether (sulfide) groups is 1. The van der Waals surface area contributed by atoms with Crippen molar-refractivity contribution in [2.45, 2.75) is 49.4 Å². The van der Waals surface area contributed by atoms with Crippen molar-refractivity contribution in [1.82, 2.24) is 19.0 Å². The van der Waals surface area contributed by atoms with E-state index in [1.54, 1.807) is 27.7 Å². The Morgan fingerprint density at radius 1 is 1.14 bits per heavy atom.